The van der Waals surface area contributed by atoms with E-state index in [0.29, 0.717) is 46.2 Å². The first-order chi connectivity index (χ1) is 41.6. The van der Waals surface area contributed by atoms with Crippen LogP contribution < -0.4 is 10.6 Å². The van der Waals surface area contributed by atoms with Crippen LogP contribution in [-0.4, -0.2) is 175 Å². The van der Waals surface area contributed by atoms with Gasteiger partial charge in [0, 0.05) is 84.9 Å². The minimum atomic E-state index is -2.17. The molecule has 490 valence electrons. The Kier molecular flexibility index (Phi) is 27.8. The summed E-state index contributed by atoms with van der Waals surface area (Å²) in [6.07, 6.45) is 1.84. The van der Waals surface area contributed by atoms with Crippen LogP contribution in [0.1, 0.15) is 132 Å². The van der Waals surface area contributed by atoms with Crippen molar-refractivity contribution >= 4 is 58.8 Å². The monoisotopic (exact) mass is 1290 g/mol. The van der Waals surface area contributed by atoms with E-state index < -0.39 is 111 Å². The smallest absolute Gasteiger partial charge is 0.682 e. The summed E-state index contributed by atoms with van der Waals surface area (Å²) in [6, 6.07) is -0.998. The number of aliphatic hydroxyl groups excluding tert-OH is 2. The fourth-order valence-corrected chi connectivity index (χ4v) is 13.4. The van der Waals surface area contributed by atoms with Gasteiger partial charge in [-0.25, -0.2) is 4.68 Å². The fourth-order valence-electron chi connectivity index (χ4n) is 13.4. The van der Waals surface area contributed by atoms with E-state index in [1.807, 2.05) is 41.5 Å². The number of carbonyl (C=O) groups excluding carboxylic acids is 7. The number of allylic oxidation sites excluding steroid dienone is 4. The summed E-state index contributed by atoms with van der Waals surface area (Å²) in [4.78, 5) is 113. The van der Waals surface area contributed by atoms with Crippen LogP contribution in [0.25, 0.3) is 5.32 Å². The first kappa shape index (κ1) is 76.0. The van der Waals surface area contributed by atoms with E-state index in [-0.39, 0.29) is 125 Å². The van der Waals surface area contributed by atoms with Gasteiger partial charge in [0.05, 0.1) is 110 Å². The van der Waals surface area contributed by atoms with Crippen molar-refractivity contribution in [3.8, 4) is 0 Å². The summed E-state index contributed by atoms with van der Waals surface area (Å²) in [5.41, 5.74) is -5.48. The number of esters is 5. The summed E-state index contributed by atoms with van der Waals surface area (Å²) in [5.74, 6) is -5.99. The van der Waals surface area contributed by atoms with Crippen LogP contribution in [0.4, 0.5) is 0 Å². The van der Waals surface area contributed by atoms with Crippen molar-refractivity contribution in [1.82, 2.24) is 25.6 Å². The Morgan fingerprint density at radius 1 is 0.708 bits per heavy atom. The second kappa shape index (κ2) is 32.5. The maximum absolute atomic E-state index is 14.4. The van der Waals surface area contributed by atoms with Crippen molar-refractivity contribution in [2.24, 2.45) is 54.4 Å². The number of nitrogens with one attached hydrogen (secondary N) is 2. The summed E-state index contributed by atoms with van der Waals surface area (Å²) in [6.45, 7) is 24.4. The largest absolute Gasteiger partial charge is 3.00 e. The normalized spacial score (nSPS) is 29.1. The Morgan fingerprint density at radius 3 is 1.89 bits per heavy atom. The molecule has 0 aliphatic carbocycles. The number of aliphatic imine (C=N–C) groups is 3. The van der Waals surface area contributed by atoms with Crippen molar-refractivity contribution in [1.29, 1.82) is 10.5 Å². The zero-order valence-corrected chi connectivity index (χ0v) is 54.2. The van der Waals surface area contributed by atoms with E-state index in [1.165, 1.54) is 40.2 Å². The van der Waals surface area contributed by atoms with Crippen LogP contribution in [0.5, 0.6) is 0 Å². The van der Waals surface area contributed by atoms with E-state index in [9.17, 15) is 43.8 Å². The maximum Gasteiger partial charge on any atom is 3.00 e. The first-order valence-corrected chi connectivity index (χ1v) is 29.0. The van der Waals surface area contributed by atoms with Gasteiger partial charge in [0.1, 0.15) is 11.3 Å². The van der Waals surface area contributed by atoms with E-state index in [4.69, 9.17) is 77.5 Å². The number of methoxy groups -OCH3 is 5. The second-order valence-corrected chi connectivity index (χ2v) is 23.8. The van der Waals surface area contributed by atoms with Crippen molar-refractivity contribution in [2.45, 2.75) is 156 Å². The minimum Gasteiger partial charge on any atom is -0.682 e. The number of aliphatic hydroxyl groups is 3. The molecule has 6 rings (SSSR count). The molecule has 0 radical (unpaired) electrons. The van der Waals surface area contributed by atoms with Crippen molar-refractivity contribution in [3.05, 3.63) is 64.7 Å². The third-order valence-electron chi connectivity index (χ3n) is 18.7. The Bertz CT molecular complexity index is 3000. The average molecular weight is 1290 g/mol. The third kappa shape index (κ3) is 15.9. The van der Waals surface area contributed by atoms with Crippen molar-refractivity contribution in [2.75, 3.05) is 68.5 Å². The number of rotatable bonds is 27. The van der Waals surface area contributed by atoms with Gasteiger partial charge in [0.25, 0.3) is 0 Å². The minimum absolute atomic E-state index is 0. The molecule has 27 nitrogen and oxygen atoms in total. The summed E-state index contributed by atoms with van der Waals surface area (Å²) >= 11 is 0. The van der Waals surface area contributed by atoms with Gasteiger partial charge in [-0.2, -0.15) is 5.70 Å². The molecule has 8 bridgehead atoms. The van der Waals surface area contributed by atoms with Gasteiger partial charge in [-0.3, -0.25) is 48.5 Å². The molecule has 5 aliphatic rings. The molecule has 1 fully saturated rings. The van der Waals surface area contributed by atoms with Crippen LogP contribution in [0, 0.1) is 63.1 Å². The van der Waals surface area contributed by atoms with E-state index in [1.54, 1.807) is 26.1 Å². The number of fused-ring (bicyclic) bond motifs is 6. The molecule has 89 heavy (non-hydrogen) atoms. The van der Waals surface area contributed by atoms with Gasteiger partial charge in [-0.05, 0) is 75.0 Å². The molecule has 1 aromatic heterocycles. The Hall–Kier alpha value is -7.21. The Morgan fingerprint density at radius 2 is 1.30 bits per heavy atom. The molecule has 0 aromatic carbocycles. The average Bonchev–Trinajstić information content (AvgIpc) is 1.71. The zero-order valence-electron chi connectivity index (χ0n) is 53.2. The van der Waals surface area contributed by atoms with E-state index in [0.717, 1.165) is 0 Å². The topological polar surface area (TPSA) is 389 Å². The van der Waals surface area contributed by atoms with Gasteiger partial charge in [-0.15, -0.1) is 5.10 Å². The van der Waals surface area contributed by atoms with Gasteiger partial charge in [0.2, 0.25) is 11.8 Å². The van der Waals surface area contributed by atoms with E-state index >= 15 is 0 Å². The molecular formula is C61H86CoN11O16. The van der Waals surface area contributed by atoms with Crippen molar-refractivity contribution in [3.63, 3.8) is 0 Å². The number of carbonyl (C=O) groups is 7. The second-order valence-electron chi connectivity index (χ2n) is 23.8. The molecule has 1 aromatic rings. The van der Waals surface area contributed by atoms with Gasteiger partial charge < -0.3 is 83.4 Å². The molecule has 6 heterocycles. The fraction of sp³-hybridized carbons (Fsp3) is 0.672. The van der Waals surface area contributed by atoms with Gasteiger partial charge in [-0.1, -0.05) is 45.9 Å². The molecular weight excluding hydrogens is 1200 g/mol. The number of nitrogens with zero attached hydrogens (tertiary/aromatic N) is 9. The predicted molar refractivity (Wildman–Crippen MR) is 316 cm³/mol. The van der Waals surface area contributed by atoms with Crippen LogP contribution >= 0.6 is 0 Å². The van der Waals surface area contributed by atoms with Crippen molar-refractivity contribution < 1.29 is 94.1 Å². The summed E-state index contributed by atoms with van der Waals surface area (Å²) in [7, 11) is 6.39. The van der Waals surface area contributed by atoms with Gasteiger partial charge in [0.15, 0.2) is 0 Å². The van der Waals surface area contributed by atoms with E-state index in [2.05, 4.69) is 20.9 Å². The Labute approximate surface area is 530 Å². The summed E-state index contributed by atoms with van der Waals surface area (Å²) in [5, 5.41) is 65.1. The number of ether oxygens (including phenoxy) is 6. The summed E-state index contributed by atoms with van der Waals surface area (Å²) < 4.78 is 33.3. The molecule has 5 N–H and O–H groups in total. The van der Waals surface area contributed by atoms with Crippen LogP contribution in [0.3, 0.4) is 0 Å². The molecule has 28 heteroatoms. The molecule has 1 saturated heterocycles. The number of hydrogen-bond acceptors (Lipinski definition) is 23. The van der Waals surface area contributed by atoms with Crippen LogP contribution in [-0.2, 0) is 91.9 Å². The number of hydrogen-bond donors (Lipinski definition) is 5. The molecule has 9 atom stereocenters. The SMILES string of the molecule is COC(=O)CC[C@@H]1C2=NC(=C\C3=NC(=C(/C)C4=N[C@@](C)(C5[N-]/C(=C\2C)[C@](C)(CCC(=O)OC)[C@H]5CC(=O)OC)[C@@](C)(CC(=O)OC)[C@@H]4CCC(=O)OC)/[C@@](C)(CC(=O)NCCO)[C@]3(O)CCC(=O)NCc2cn(CCOCCO)nn2)/C1(C)C.[C-]#N.[C-]#N.[Co+3]. The molecule has 2 amide bonds. The molecule has 5 aliphatic heterocycles. The number of amides is 2. The standard InChI is InChI=1S/C59H87N9O16.2CN.Co/c1-34-49-37(14-16-44(73)79-9)54(3,4)40(62-49)29-41-59(78,21-18-42(71)61-32-36-33-68(67-66-36)23-26-84-27-25-70)57(7,30-43(72)60-22-24-69)52(63-41)35(2)50-38(15-17-45(74)80-10)56(6,31-48(77)83-13)58(8,65-50)53-39(28-47(76)82-12)55(5,51(34)64-53)20-19-46(75)81-11;2*1-2;/h29,33,37-39,53,69-70,78H,14-28,30-32H2,1-13H3,(H3,60,61,62,63,64,65,71,72);;;/q;2*-1;+3/p-1/t37-,38-,39+,53?,55-,56+,57-,58+,59+;;;/m1.../s1. The zero-order chi connectivity index (χ0) is 66.2. The quantitative estimate of drug-likeness (QED) is 0.0354. The third-order valence-corrected chi connectivity index (χ3v) is 18.7. The van der Waals surface area contributed by atoms with Gasteiger partial charge >= 0.3 is 46.6 Å². The Balaban J connectivity index is 0.00000405. The van der Waals surface area contributed by atoms with Crippen LogP contribution in [0.15, 0.2) is 55.5 Å². The molecule has 1 unspecified atom stereocenters. The first-order valence-electron chi connectivity index (χ1n) is 29.0. The van der Waals surface area contributed by atoms with Crippen LogP contribution in [0.2, 0.25) is 0 Å². The maximum atomic E-state index is 14.4. The molecule has 0 saturated carbocycles. The number of aromatic nitrogens is 3. The predicted octanol–water partition coefficient (Wildman–Crippen LogP) is 4.31. The molecule has 0 spiro atoms.